The second-order valence-electron chi connectivity index (χ2n) is 6.08. The van der Waals surface area contributed by atoms with Gasteiger partial charge in [-0.25, -0.2) is 9.59 Å². The first-order valence-electron chi connectivity index (χ1n) is 8.66. The number of esters is 2. The fourth-order valence-corrected chi connectivity index (χ4v) is 3.09. The van der Waals surface area contributed by atoms with Gasteiger partial charge in [0.25, 0.3) is 0 Å². The molecule has 0 aromatic heterocycles. The van der Waals surface area contributed by atoms with Crippen molar-refractivity contribution < 1.29 is 19.1 Å². The van der Waals surface area contributed by atoms with Crippen LogP contribution in [-0.4, -0.2) is 33.1 Å². The van der Waals surface area contributed by atoms with Gasteiger partial charge < -0.3 is 14.4 Å². The van der Waals surface area contributed by atoms with Crippen molar-refractivity contribution in [2.24, 2.45) is 0 Å². The average molecular weight is 355 g/mol. The largest absolute Gasteiger partial charge is 0.465 e. The first-order chi connectivity index (χ1) is 12.4. The summed E-state index contributed by atoms with van der Waals surface area (Å²) < 4.78 is 10.4. The standard InChI is InChI=1S/C21H25NO4/c1-6-14-13-17(20(23)25-5)18(19(22(3)4)16(14)7-2)21(24)26-15-11-9-8-10-12-15/h8-13H,6-7H2,1-5H3. The summed E-state index contributed by atoms with van der Waals surface area (Å²) in [7, 11) is 5.02. The van der Waals surface area contributed by atoms with Crippen LogP contribution in [0.3, 0.4) is 0 Å². The zero-order valence-electron chi connectivity index (χ0n) is 16.0. The van der Waals surface area contributed by atoms with Crippen molar-refractivity contribution in [1.82, 2.24) is 0 Å². The zero-order chi connectivity index (χ0) is 19.3. The first-order valence-corrected chi connectivity index (χ1v) is 8.66. The summed E-state index contributed by atoms with van der Waals surface area (Å²) in [6, 6.07) is 10.6. The highest BCUT2D eigenvalue weighted by Crippen LogP contribution is 2.33. The fourth-order valence-electron chi connectivity index (χ4n) is 3.09. The Morgan fingerprint density at radius 3 is 2.15 bits per heavy atom. The van der Waals surface area contributed by atoms with E-state index in [0.29, 0.717) is 11.4 Å². The maximum Gasteiger partial charge on any atom is 0.346 e. The third kappa shape index (κ3) is 3.87. The minimum absolute atomic E-state index is 0.228. The Hall–Kier alpha value is -2.82. The zero-order valence-corrected chi connectivity index (χ0v) is 16.0. The van der Waals surface area contributed by atoms with E-state index in [1.807, 2.05) is 38.9 Å². The Balaban J connectivity index is 2.70. The molecule has 0 radical (unpaired) electrons. The summed E-state index contributed by atoms with van der Waals surface area (Å²) in [5.74, 6) is -0.696. The van der Waals surface area contributed by atoms with Crippen LogP contribution in [0.25, 0.3) is 0 Å². The second-order valence-corrected chi connectivity index (χ2v) is 6.08. The topological polar surface area (TPSA) is 55.8 Å². The summed E-state index contributed by atoms with van der Waals surface area (Å²) in [5.41, 5.74) is 3.22. The molecule has 0 fully saturated rings. The molecule has 0 saturated heterocycles. The molecule has 138 valence electrons. The van der Waals surface area contributed by atoms with Crippen LogP contribution in [0.1, 0.15) is 45.7 Å². The van der Waals surface area contributed by atoms with Crippen molar-refractivity contribution in [3.8, 4) is 5.75 Å². The van der Waals surface area contributed by atoms with Gasteiger partial charge in [-0.05, 0) is 42.2 Å². The summed E-state index contributed by atoms with van der Waals surface area (Å²) in [4.78, 5) is 27.2. The van der Waals surface area contributed by atoms with Gasteiger partial charge >= 0.3 is 11.9 Å². The Morgan fingerprint density at radius 2 is 1.65 bits per heavy atom. The lowest BCUT2D eigenvalue weighted by Gasteiger charge is -2.24. The number of benzene rings is 2. The quantitative estimate of drug-likeness (QED) is 0.581. The molecule has 0 unspecified atom stereocenters. The van der Waals surface area contributed by atoms with Crippen LogP contribution in [0.2, 0.25) is 0 Å². The van der Waals surface area contributed by atoms with Crippen LogP contribution in [0, 0.1) is 0 Å². The van der Waals surface area contributed by atoms with Crippen LogP contribution < -0.4 is 9.64 Å². The molecule has 26 heavy (non-hydrogen) atoms. The second kappa shape index (κ2) is 8.52. The molecule has 2 aromatic carbocycles. The third-order valence-electron chi connectivity index (χ3n) is 4.24. The lowest BCUT2D eigenvalue weighted by molar-refractivity contribution is 0.0587. The molecule has 0 aliphatic rings. The van der Waals surface area contributed by atoms with Crippen LogP contribution in [0.5, 0.6) is 5.75 Å². The third-order valence-corrected chi connectivity index (χ3v) is 4.24. The molecular formula is C21H25NO4. The summed E-state index contributed by atoms with van der Waals surface area (Å²) in [6.07, 6.45) is 1.49. The van der Waals surface area contributed by atoms with Gasteiger partial charge in [0.1, 0.15) is 5.75 Å². The molecule has 2 aromatic rings. The van der Waals surface area contributed by atoms with Crippen molar-refractivity contribution in [3.63, 3.8) is 0 Å². The van der Waals surface area contributed by atoms with E-state index in [-0.39, 0.29) is 11.1 Å². The van der Waals surface area contributed by atoms with E-state index in [1.165, 1.54) is 7.11 Å². The number of ether oxygens (including phenoxy) is 2. The molecule has 5 heteroatoms. The van der Waals surface area contributed by atoms with Crippen molar-refractivity contribution in [2.75, 3.05) is 26.1 Å². The van der Waals surface area contributed by atoms with E-state index in [2.05, 4.69) is 0 Å². The Kier molecular flexibility index (Phi) is 6.39. The monoisotopic (exact) mass is 355 g/mol. The molecule has 5 nitrogen and oxygen atoms in total. The van der Waals surface area contributed by atoms with E-state index in [9.17, 15) is 9.59 Å². The molecule has 2 rings (SSSR count). The molecule has 0 aliphatic carbocycles. The molecule has 0 bridgehead atoms. The maximum absolute atomic E-state index is 13.0. The number of aryl methyl sites for hydroxylation is 1. The predicted molar refractivity (Wildman–Crippen MR) is 102 cm³/mol. The molecular weight excluding hydrogens is 330 g/mol. The highest BCUT2D eigenvalue weighted by molar-refractivity contribution is 6.08. The highest BCUT2D eigenvalue weighted by atomic mass is 16.5. The summed E-state index contributed by atoms with van der Waals surface area (Å²) in [6.45, 7) is 4.06. The number of hydrogen-bond donors (Lipinski definition) is 0. The number of hydrogen-bond acceptors (Lipinski definition) is 5. The fraction of sp³-hybridized carbons (Fsp3) is 0.333. The van der Waals surface area contributed by atoms with Gasteiger partial charge in [0, 0.05) is 14.1 Å². The number of nitrogens with zero attached hydrogens (tertiary/aromatic N) is 1. The molecule has 0 heterocycles. The number of methoxy groups -OCH3 is 1. The number of anilines is 1. The van der Waals surface area contributed by atoms with Gasteiger partial charge in [-0.2, -0.15) is 0 Å². The van der Waals surface area contributed by atoms with Gasteiger partial charge in [0.05, 0.1) is 23.9 Å². The Labute approximate surface area is 154 Å². The first kappa shape index (κ1) is 19.5. The molecule has 0 aliphatic heterocycles. The molecule has 0 N–H and O–H groups in total. The van der Waals surface area contributed by atoms with Crippen molar-refractivity contribution in [1.29, 1.82) is 0 Å². The SMILES string of the molecule is CCc1cc(C(=O)OC)c(C(=O)Oc2ccccc2)c(N(C)C)c1CC. The van der Waals surface area contributed by atoms with Crippen molar-refractivity contribution in [3.05, 3.63) is 58.7 Å². The Morgan fingerprint density at radius 1 is 1.00 bits per heavy atom. The van der Waals surface area contributed by atoms with Crippen molar-refractivity contribution in [2.45, 2.75) is 26.7 Å². The minimum atomic E-state index is -0.572. The van der Waals surface area contributed by atoms with Crippen LogP contribution in [0.4, 0.5) is 5.69 Å². The maximum atomic E-state index is 13.0. The molecule has 0 saturated carbocycles. The number of carbonyl (C=O) groups excluding carboxylic acids is 2. The van der Waals surface area contributed by atoms with E-state index >= 15 is 0 Å². The Bertz CT molecular complexity index is 797. The van der Waals surface area contributed by atoms with Gasteiger partial charge in [-0.3, -0.25) is 0 Å². The molecule has 0 amide bonds. The summed E-state index contributed by atoms with van der Waals surface area (Å²) >= 11 is 0. The summed E-state index contributed by atoms with van der Waals surface area (Å²) in [5, 5.41) is 0. The van der Waals surface area contributed by atoms with Gasteiger partial charge in [-0.1, -0.05) is 32.0 Å². The normalized spacial score (nSPS) is 10.3. The lowest BCUT2D eigenvalue weighted by Crippen LogP contribution is -2.24. The number of rotatable bonds is 6. The van der Waals surface area contributed by atoms with Gasteiger partial charge in [0.2, 0.25) is 0 Å². The van der Waals surface area contributed by atoms with E-state index < -0.39 is 11.9 Å². The van der Waals surface area contributed by atoms with E-state index in [0.717, 1.165) is 24.0 Å². The van der Waals surface area contributed by atoms with Gasteiger partial charge in [0.15, 0.2) is 0 Å². The molecule has 0 atom stereocenters. The number of carbonyl (C=O) groups is 2. The predicted octanol–water partition coefficient (Wildman–Crippen LogP) is 3.88. The smallest absolute Gasteiger partial charge is 0.346 e. The van der Waals surface area contributed by atoms with Gasteiger partial charge in [-0.15, -0.1) is 0 Å². The van der Waals surface area contributed by atoms with Crippen LogP contribution >= 0.6 is 0 Å². The molecule has 0 spiro atoms. The number of para-hydroxylation sites is 1. The highest BCUT2D eigenvalue weighted by Gasteiger charge is 2.28. The van der Waals surface area contributed by atoms with Crippen LogP contribution in [0.15, 0.2) is 36.4 Å². The average Bonchev–Trinajstić information content (AvgIpc) is 2.65. The van der Waals surface area contributed by atoms with E-state index in [1.54, 1.807) is 30.3 Å². The lowest BCUT2D eigenvalue weighted by atomic mass is 9.92. The van der Waals surface area contributed by atoms with Crippen molar-refractivity contribution >= 4 is 17.6 Å². The van der Waals surface area contributed by atoms with E-state index in [4.69, 9.17) is 9.47 Å². The van der Waals surface area contributed by atoms with Crippen LogP contribution in [-0.2, 0) is 17.6 Å². The minimum Gasteiger partial charge on any atom is -0.465 e.